The first kappa shape index (κ1) is 13.4. The van der Waals surface area contributed by atoms with Crippen LogP contribution < -0.4 is 5.73 Å². The van der Waals surface area contributed by atoms with E-state index in [0.29, 0.717) is 11.9 Å². The molecule has 1 aromatic heterocycles. The molecule has 0 radical (unpaired) electrons. The summed E-state index contributed by atoms with van der Waals surface area (Å²) >= 11 is 0. The smallest absolute Gasteiger partial charge is 0.128 e. The lowest BCUT2D eigenvalue weighted by molar-refractivity contribution is 0.205. The molecule has 3 heteroatoms. The van der Waals surface area contributed by atoms with Crippen LogP contribution in [0.4, 0.5) is 5.82 Å². The molecule has 2 aromatic rings. The predicted octanol–water partition coefficient (Wildman–Crippen LogP) is 3.58. The number of benzene rings is 1. The largest absolute Gasteiger partial charge is 0.383 e. The van der Waals surface area contributed by atoms with Gasteiger partial charge < -0.3 is 5.73 Å². The van der Waals surface area contributed by atoms with Crippen molar-refractivity contribution in [1.29, 1.82) is 0 Å². The maximum Gasteiger partial charge on any atom is 0.128 e. The molecule has 106 valence electrons. The highest BCUT2D eigenvalue weighted by Crippen LogP contribution is 2.23. The van der Waals surface area contributed by atoms with Gasteiger partial charge in [0.2, 0.25) is 0 Å². The molecule has 0 saturated carbocycles. The molecule has 3 nitrogen and oxygen atoms in total. The van der Waals surface area contributed by atoms with E-state index in [1.165, 1.54) is 37.6 Å². The number of hydrogen-bond acceptors (Lipinski definition) is 3. The molecule has 1 atom stereocenters. The molecular weight excluding hydrogens is 246 g/mol. The molecule has 2 heterocycles. The van der Waals surface area contributed by atoms with Crippen LogP contribution in [0.2, 0.25) is 0 Å². The van der Waals surface area contributed by atoms with E-state index in [1.54, 1.807) is 0 Å². The van der Waals surface area contributed by atoms with Gasteiger partial charge in [-0.05, 0) is 38.4 Å². The number of nitrogens with two attached hydrogens (primary N) is 1. The third-order valence-electron chi connectivity index (χ3n) is 4.40. The maximum atomic E-state index is 6.15. The van der Waals surface area contributed by atoms with E-state index in [1.807, 2.05) is 12.1 Å². The molecule has 1 unspecified atom stereocenters. The highest BCUT2D eigenvalue weighted by Gasteiger charge is 2.18. The Labute approximate surface area is 120 Å². The highest BCUT2D eigenvalue weighted by atomic mass is 15.1. The minimum absolute atomic E-state index is 0.642. The van der Waals surface area contributed by atoms with E-state index in [0.717, 1.165) is 17.6 Å². The van der Waals surface area contributed by atoms with Gasteiger partial charge in [-0.1, -0.05) is 31.0 Å². The van der Waals surface area contributed by atoms with Gasteiger partial charge in [0.05, 0.1) is 5.52 Å². The van der Waals surface area contributed by atoms with Gasteiger partial charge in [-0.25, -0.2) is 4.98 Å². The average Bonchev–Trinajstić information content (AvgIpc) is 2.65. The lowest BCUT2D eigenvalue weighted by Crippen LogP contribution is -2.32. The van der Waals surface area contributed by atoms with Crippen molar-refractivity contribution < 1.29 is 0 Å². The summed E-state index contributed by atoms with van der Waals surface area (Å²) in [6.45, 7) is 4.42. The van der Waals surface area contributed by atoms with E-state index in [-0.39, 0.29) is 0 Å². The van der Waals surface area contributed by atoms with Crippen LogP contribution in [0.25, 0.3) is 10.9 Å². The molecule has 0 amide bonds. The first-order chi connectivity index (χ1) is 9.74. The number of hydrogen-bond donors (Lipinski definition) is 1. The minimum atomic E-state index is 0.642. The molecule has 1 aromatic carbocycles. The highest BCUT2D eigenvalue weighted by molar-refractivity contribution is 5.81. The molecule has 0 aliphatic carbocycles. The van der Waals surface area contributed by atoms with Crippen LogP contribution in [-0.2, 0) is 6.54 Å². The van der Waals surface area contributed by atoms with Crippen molar-refractivity contribution >= 4 is 16.7 Å². The topological polar surface area (TPSA) is 42.2 Å². The van der Waals surface area contributed by atoms with Crippen LogP contribution >= 0.6 is 0 Å². The number of aromatic nitrogens is 1. The summed E-state index contributed by atoms with van der Waals surface area (Å²) in [4.78, 5) is 7.09. The number of nitrogens with zero attached hydrogens (tertiary/aromatic N) is 2. The first-order valence-electron chi connectivity index (χ1n) is 7.62. The monoisotopic (exact) mass is 269 g/mol. The molecule has 1 aliphatic rings. The molecule has 0 spiro atoms. The van der Waals surface area contributed by atoms with Crippen molar-refractivity contribution in [2.24, 2.45) is 0 Å². The van der Waals surface area contributed by atoms with Gasteiger partial charge in [0.25, 0.3) is 0 Å². The Morgan fingerprint density at radius 3 is 3.00 bits per heavy atom. The number of pyridine rings is 1. The van der Waals surface area contributed by atoms with Gasteiger partial charge in [-0.2, -0.15) is 0 Å². The fraction of sp³-hybridized carbons (Fsp3) is 0.471. The number of rotatable bonds is 2. The molecule has 1 aliphatic heterocycles. The normalized spacial score (nSPS) is 20.9. The lowest BCUT2D eigenvalue weighted by Gasteiger charge is -2.27. The fourth-order valence-corrected chi connectivity index (χ4v) is 3.09. The third-order valence-corrected chi connectivity index (χ3v) is 4.40. The van der Waals surface area contributed by atoms with E-state index < -0.39 is 0 Å². The van der Waals surface area contributed by atoms with Crippen molar-refractivity contribution in [3.63, 3.8) is 0 Å². The number of likely N-dealkylation sites (tertiary alicyclic amines) is 1. The van der Waals surface area contributed by atoms with Crippen molar-refractivity contribution in [2.45, 2.75) is 45.2 Å². The van der Waals surface area contributed by atoms with E-state index in [2.05, 4.69) is 35.0 Å². The SMILES string of the molecule is CC1CCCCCN1Cc1cc2ccccc2nc1N. The van der Waals surface area contributed by atoms with Crippen LogP contribution in [0.1, 0.15) is 38.2 Å². The van der Waals surface area contributed by atoms with E-state index in [4.69, 9.17) is 5.73 Å². The number of nitrogen functional groups attached to an aromatic ring is 1. The Morgan fingerprint density at radius 2 is 2.10 bits per heavy atom. The van der Waals surface area contributed by atoms with Gasteiger partial charge in [0.1, 0.15) is 5.82 Å². The number of anilines is 1. The summed E-state index contributed by atoms with van der Waals surface area (Å²) in [5, 5.41) is 1.18. The standard InChI is InChI=1S/C17H23N3/c1-13-7-3-2-6-10-20(13)12-15-11-14-8-4-5-9-16(14)19-17(15)18/h4-5,8-9,11,13H,2-3,6-7,10,12H2,1H3,(H2,18,19). The summed E-state index contributed by atoms with van der Waals surface area (Å²) in [5.41, 5.74) is 8.30. The molecule has 1 saturated heterocycles. The predicted molar refractivity (Wildman–Crippen MR) is 84.5 cm³/mol. The van der Waals surface area contributed by atoms with Gasteiger partial charge in [-0.3, -0.25) is 4.90 Å². The third kappa shape index (κ3) is 2.78. The van der Waals surface area contributed by atoms with Crippen molar-refractivity contribution in [3.8, 4) is 0 Å². The molecular formula is C17H23N3. The number of fused-ring (bicyclic) bond motifs is 1. The van der Waals surface area contributed by atoms with Gasteiger partial charge in [-0.15, -0.1) is 0 Å². The molecule has 20 heavy (non-hydrogen) atoms. The quantitative estimate of drug-likeness (QED) is 0.906. The zero-order valence-electron chi connectivity index (χ0n) is 12.2. The average molecular weight is 269 g/mol. The van der Waals surface area contributed by atoms with Crippen LogP contribution in [0.15, 0.2) is 30.3 Å². The fourth-order valence-electron chi connectivity index (χ4n) is 3.09. The van der Waals surface area contributed by atoms with Gasteiger partial charge in [0, 0.05) is 23.5 Å². The minimum Gasteiger partial charge on any atom is -0.383 e. The summed E-state index contributed by atoms with van der Waals surface area (Å²) in [6.07, 6.45) is 5.29. The number of para-hydroxylation sites is 1. The Morgan fingerprint density at radius 1 is 1.25 bits per heavy atom. The van der Waals surface area contributed by atoms with Crippen LogP contribution in [0, 0.1) is 0 Å². The van der Waals surface area contributed by atoms with Crippen molar-refractivity contribution in [2.75, 3.05) is 12.3 Å². The van der Waals surface area contributed by atoms with Crippen molar-refractivity contribution in [1.82, 2.24) is 9.88 Å². The second-order valence-corrected chi connectivity index (χ2v) is 5.89. The van der Waals surface area contributed by atoms with Gasteiger partial charge >= 0.3 is 0 Å². The Bertz CT molecular complexity index is 594. The Kier molecular flexibility index (Phi) is 3.88. The second kappa shape index (κ2) is 5.80. The zero-order chi connectivity index (χ0) is 13.9. The second-order valence-electron chi connectivity index (χ2n) is 5.89. The Hall–Kier alpha value is -1.61. The van der Waals surface area contributed by atoms with Crippen LogP contribution in [-0.4, -0.2) is 22.5 Å². The molecule has 2 N–H and O–H groups in total. The first-order valence-corrected chi connectivity index (χ1v) is 7.62. The molecule has 1 fully saturated rings. The Balaban J connectivity index is 1.87. The van der Waals surface area contributed by atoms with Crippen LogP contribution in [0.5, 0.6) is 0 Å². The summed E-state index contributed by atoms with van der Waals surface area (Å²) in [6, 6.07) is 11.0. The summed E-state index contributed by atoms with van der Waals surface area (Å²) in [5.74, 6) is 0.681. The van der Waals surface area contributed by atoms with E-state index >= 15 is 0 Å². The lowest BCUT2D eigenvalue weighted by atomic mass is 10.1. The van der Waals surface area contributed by atoms with Crippen LogP contribution in [0.3, 0.4) is 0 Å². The zero-order valence-corrected chi connectivity index (χ0v) is 12.2. The van der Waals surface area contributed by atoms with E-state index in [9.17, 15) is 0 Å². The van der Waals surface area contributed by atoms with Crippen molar-refractivity contribution in [3.05, 3.63) is 35.9 Å². The molecule has 0 bridgehead atoms. The van der Waals surface area contributed by atoms with Gasteiger partial charge in [0.15, 0.2) is 0 Å². The maximum absolute atomic E-state index is 6.15. The summed E-state index contributed by atoms with van der Waals surface area (Å²) < 4.78 is 0. The summed E-state index contributed by atoms with van der Waals surface area (Å²) in [7, 11) is 0. The molecule has 3 rings (SSSR count).